The summed E-state index contributed by atoms with van der Waals surface area (Å²) < 4.78 is 5.16. The molecule has 0 aromatic carbocycles. The maximum absolute atomic E-state index is 12.7. The predicted octanol–water partition coefficient (Wildman–Crippen LogP) is -0.677. The Kier molecular flexibility index (Phi) is 10.6. The molecule has 1 saturated carbocycles. The minimum Gasteiger partial charge on any atom is -0.480 e. The zero-order chi connectivity index (χ0) is 25.4. The summed E-state index contributed by atoms with van der Waals surface area (Å²) in [4.78, 5) is 48.0. The number of nitrogens with one attached hydrogen (secondary N) is 2. The number of alkyl carbamates (subject to hydrolysis) is 1. The third kappa shape index (κ3) is 9.97. The molecule has 0 aliphatic heterocycles. The fourth-order valence-electron chi connectivity index (χ4n) is 3.97. The maximum Gasteiger partial charge on any atom is 0.451 e. The van der Waals surface area contributed by atoms with Gasteiger partial charge in [0.2, 0.25) is 11.8 Å². The number of amides is 3. The monoisotopic (exact) mass is 472 g/mol. The molecule has 1 aliphatic carbocycles. The molecule has 0 spiro atoms. The standard InChI is InChI=1S/C20H37BN4O8/c1-19(2,3)33-18(30)25-14(6-7-15(22)26)16(27)24-11-13-5-4-12(8-9-21(31)32)10-20(13,23)17(28)29/h12-14,31-32H,4-11,23H2,1-3H3,(H2,22,26)(H,24,27)(H,25,30)(H,28,29)/t12-,13-,14-,20+/m0/s1. The van der Waals surface area contributed by atoms with Crippen molar-refractivity contribution in [2.45, 2.75) is 82.8 Å². The van der Waals surface area contributed by atoms with Gasteiger partial charge >= 0.3 is 19.2 Å². The molecule has 0 saturated heterocycles. The molecule has 0 bridgehead atoms. The smallest absolute Gasteiger partial charge is 0.451 e. The van der Waals surface area contributed by atoms with Crippen LogP contribution in [0.1, 0.15) is 59.3 Å². The highest BCUT2D eigenvalue weighted by molar-refractivity contribution is 6.40. The van der Waals surface area contributed by atoms with Crippen molar-refractivity contribution in [2.75, 3.05) is 6.54 Å². The van der Waals surface area contributed by atoms with Gasteiger partial charge in [-0.15, -0.1) is 0 Å². The molecule has 188 valence electrons. The summed E-state index contributed by atoms with van der Waals surface area (Å²) in [5.74, 6) is -3.12. The van der Waals surface area contributed by atoms with Crippen LogP contribution in [0.5, 0.6) is 0 Å². The number of hydrogen-bond acceptors (Lipinski definition) is 8. The second kappa shape index (κ2) is 12.2. The molecular formula is C20H37BN4O8. The van der Waals surface area contributed by atoms with Gasteiger partial charge < -0.3 is 42.0 Å². The molecule has 0 heterocycles. The Morgan fingerprint density at radius 2 is 1.85 bits per heavy atom. The van der Waals surface area contributed by atoms with E-state index in [1.54, 1.807) is 20.8 Å². The van der Waals surface area contributed by atoms with Crippen molar-refractivity contribution < 1.29 is 39.1 Å². The number of hydrogen-bond donors (Lipinski definition) is 7. The van der Waals surface area contributed by atoms with Gasteiger partial charge in [-0.05, 0) is 58.7 Å². The predicted molar refractivity (Wildman–Crippen MR) is 120 cm³/mol. The molecule has 1 aliphatic rings. The fraction of sp³-hybridized carbons (Fsp3) is 0.800. The van der Waals surface area contributed by atoms with Crippen LogP contribution in [0, 0.1) is 11.8 Å². The maximum atomic E-state index is 12.7. The van der Waals surface area contributed by atoms with E-state index in [-0.39, 0.29) is 38.0 Å². The largest absolute Gasteiger partial charge is 0.480 e. The van der Waals surface area contributed by atoms with Crippen molar-refractivity contribution in [1.29, 1.82) is 0 Å². The number of aliphatic carboxylic acids is 1. The summed E-state index contributed by atoms with van der Waals surface area (Å²) in [6.45, 7) is 4.94. The summed E-state index contributed by atoms with van der Waals surface area (Å²) in [5, 5.41) is 32.9. The van der Waals surface area contributed by atoms with Crippen molar-refractivity contribution >= 4 is 31.0 Å². The molecule has 33 heavy (non-hydrogen) atoms. The van der Waals surface area contributed by atoms with Gasteiger partial charge in [-0.3, -0.25) is 14.4 Å². The SMILES string of the molecule is CC(C)(C)OC(=O)N[C@@H](CCC(N)=O)C(=O)NC[C@@H]1CC[C@@H](CCB(O)O)C[C@]1(N)C(=O)O. The third-order valence-electron chi connectivity index (χ3n) is 5.72. The first-order chi connectivity index (χ1) is 15.1. The first kappa shape index (κ1) is 28.7. The van der Waals surface area contributed by atoms with Gasteiger partial charge in [-0.2, -0.15) is 0 Å². The van der Waals surface area contributed by atoms with Crippen LogP contribution >= 0.6 is 0 Å². The Bertz CT molecular complexity index is 715. The van der Waals surface area contributed by atoms with Gasteiger partial charge in [0.25, 0.3) is 0 Å². The highest BCUT2D eigenvalue weighted by Crippen LogP contribution is 2.38. The molecule has 9 N–H and O–H groups in total. The average Bonchev–Trinajstić information content (AvgIpc) is 2.66. The first-order valence-corrected chi connectivity index (χ1v) is 11.1. The number of carbonyl (C=O) groups is 4. The number of carboxylic acids is 1. The van der Waals surface area contributed by atoms with Crippen molar-refractivity contribution in [3.63, 3.8) is 0 Å². The molecule has 4 atom stereocenters. The van der Waals surface area contributed by atoms with E-state index in [0.717, 1.165) is 0 Å². The van der Waals surface area contributed by atoms with Crippen LogP contribution in [0.25, 0.3) is 0 Å². The molecule has 0 aromatic heterocycles. The highest BCUT2D eigenvalue weighted by Gasteiger charge is 2.47. The van der Waals surface area contributed by atoms with Gasteiger partial charge in [-0.25, -0.2) is 4.79 Å². The molecule has 1 rings (SSSR count). The van der Waals surface area contributed by atoms with Gasteiger partial charge in [0.05, 0.1) is 0 Å². The quantitative estimate of drug-likeness (QED) is 0.189. The Morgan fingerprint density at radius 1 is 1.21 bits per heavy atom. The lowest BCUT2D eigenvalue weighted by Gasteiger charge is -2.41. The highest BCUT2D eigenvalue weighted by atomic mass is 16.6. The topological polar surface area (TPSA) is 214 Å². The van der Waals surface area contributed by atoms with Gasteiger partial charge in [-0.1, -0.05) is 6.42 Å². The van der Waals surface area contributed by atoms with Gasteiger partial charge in [0.1, 0.15) is 17.2 Å². The van der Waals surface area contributed by atoms with E-state index in [1.807, 2.05) is 0 Å². The van der Waals surface area contributed by atoms with E-state index < -0.39 is 54.1 Å². The van der Waals surface area contributed by atoms with Crippen LogP contribution in [0.3, 0.4) is 0 Å². The lowest BCUT2D eigenvalue weighted by atomic mass is 9.66. The van der Waals surface area contributed by atoms with E-state index in [9.17, 15) is 24.3 Å². The molecule has 0 aromatic rings. The Labute approximate surface area is 193 Å². The van der Waals surface area contributed by atoms with E-state index in [2.05, 4.69) is 10.6 Å². The normalized spacial score (nSPS) is 23.8. The van der Waals surface area contributed by atoms with E-state index in [4.69, 9.17) is 26.3 Å². The number of primary amides is 1. The Morgan fingerprint density at radius 3 is 2.36 bits per heavy atom. The second-order valence-corrected chi connectivity index (χ2v) is 9.70. The molecule has 1 fully saturated rings. The summed E-state index contributed by atoms with van der Waals surface area (Å²) in [5.41, 5.74) is 9.00. The van der Waals surface area contributed by atoms with Crippen LogP contribution in [-0.2, 0) is 19.1 Å². The summed E-state index contributed by atoms with van der Waals surface area (Å²) in [7, 11) is -1.46. The van der Waals surface area contributed by atoms with Crippen molar-refractivity contribution in [2.24, 2.45) is 23.3 Å². The number of nitrogens with two attached hydrogens (primary N) is 2. The molecule has 3 amide bonds. The first-order valence-electron chi connectivity index (χ1n) is 11.1. The average molecular weight is 472 g/mol. The lowest BCUT2D eigenvalue weighted by Crippen LogP contribution is -2.60. The molecular weight excluding hydrogens is 435 g/mol. The van der Waals surface area contributed by atoms with Crippen molar-refractivity contribution in [3.8, 4) is 0 Å². The number of carbonyl (C=O) groups excluding carboxylic acids is 3. The second-order valence-electron chi connectivity index (χ2n) is 9.70. The summed E-state index contributed by atoms with van der Waals surface area (Å²) in [6.07, 6.45) is 0.697. The fourth-order valence-corrected chi connectivity index (χ4v) is 3.97. The number of carboxylic acid groups (broad SMARTS) is 1. The molecule has 13 heteroatoms. The zero-order valence-corrected chi connectivity index (χ0v) is 19.5. The molecule has 12 nitrogen and oxygen atoms in total. The lowest BCUT2D eigenvalue weighted by molar-refractivity contribution is -0.148. The minimum atomic E-state index is -1.60. The number of rotatable bonds is 11. The van der Waals surface area contributed by atoms with Gasteiger partial charge in [0, 0.05) is 18.9 Å². The summed E-state index contributed by atoms with van der Waals surface area (Å²) >= 11 is 0. The van der Waals surface area contributed by atoms with Crippen molar-refractivity contribution in [1.82, 2.24) is 10.6 Å². The Hall–Kier alpha value is -2.38. The number of ether oxygens (including phenoxy) is 1. The Balaban J connectivity index is 2.81. The summed E-state index contributed by atoms with van der Waals surface area (Å²) in [6, 6.07) is -1.10. The van der Waals surface area contributed by atoms with E-state index in [1.165, 1.54) is 0 Å². The van der Waals surface area contributed by atoms with Crippen LogP contribution in [0.15, 0.2) is 0 Å². The molecule has 0 radical (unpaired) electrons. The van der Waals surface area contributed by atoms with Crippen LogP contribution in [0.4, 0.5) is 4.79 Å². The van der Waals surface area contributed by atoms with E-state index in [0.29, 0.717) is 19.3 Å². The third-order valence-corrected chi connectivity index (χ3v) is 5.72. The zero-order valence-electron chi connectivity index (χ0n) is 19.5. The van der Waals surface area contributed by atoms with Crippen LogP contribution in [-0.4, -0.2) is 69.9 Å². The van der Waals surface area contributed by atoms with Crippen molar-refractivity contribution in [3.05, 3.63) is 0 Å². The van der Waals surface area contributed by atoms with E-state index >= 15 is 0 Å². The minimum absolute atomic E-state index is 0.0416. The van der Waals surface area contributed by atoms with Gasteiger partial charge in [0.15, 0.2) is 0 Å². The van der Waals surface area contributed by atoms with Crippen LogP contribution < -0.4 is 22.1 Å². The van der Waals surface area contributed by atoms with Crippen LogP contribution in [0.2, 0.25) is 6.32 Å². The molecule has 0 unspecified atom stereocenters.